The zero-order valence-corrected chi connectivity index (χ0v) is 19.9. The second kappa shape index (κ2) is 9.38. The van der Waals surface area contributed by atoms with Crippen LogP contribution in [0.25, 0.3) is 22.0 Å². The molecule has 2 heterocycles. The third-order valence-electron chi connectivity index (χ3n) is 5.89. The third-order valence-corrected chi connectivity index (χ3v) is 5.89. The minimum absolute atomic E-state index is 0.0944. The topological polar surface area (TPSA) is 84.7 Å². The molecule has 174 valence electrons. The van der Waals surface area contributed by atoms with Crippen LogP contribution in [0.1, 0.15) is 27.0 Å². The van der Waals surface area contributed by atoms with Gasteiger partial charge in [-0.05, 0) is 60.4 Å². The lowest BCUT2D eigenvalue weighted by Gasteiger charge is -2.11. The SMILES string of the molecule is Cc1cccc(CNC(=O)c2ccc(C)c(-c3ccc4nc(Nc5cnn(C)c5)ncc4c3)c2)c1. The maximum absolute atomic E-state index is 12.9. The van der Waals surface area contributed by atoms with Gasteiger partial charge in [0.1, 0.15) is 0 Å². The fourth-order valence-electron chi connectivity index (χ4n) is 4.06. The maximum atomic E-state index is 12.9. The van der Waals surface area contributed by atoms with E-state index in [1.165, 1.54) is 5.56 Å². The van der Waals surface area contributed by atoms with Gasteiger partial charge >= 0.3 is 0 Å². The molecule has 1 amide bonds. The van der Waals surface area contributed by atoms with Gasteiger partial charge in [-0.15, -0.1) is 0 Å². The minimum Gasteiger partial charge on any atom is -0.348 e. The molecule has 5 rings (SSSR count). The van der Waals surface area contributed by atoms with Crippen LogP contribution in [0, 0.1) is 13.8 Å². The quantitative estimate of drug-likeness (QED) is 0.357. The number of fused-ring (bicyclic) bond motifs is 1. The molecular weight excluding hydrogens is 436 g/mol. The van der Waals surface area contributed by atoms with E-state index >= 15 is 0 Å². The summed E-state index contributed by atoms with van der Waals surface area (Å²) in [6.07, 6.45) is 5.39. The summed E-state index contributed by atoms with van der Waals surface area (Å²) in [6, 6.07) is 20.0. The van der Waals surface area contributed by atoms with Crippen LogP contribution in [0.4, 0.5) is 11.6 Å². The summed E-state index contributed by atoms with van der Waals surface area (Å²) in [5, 5.41) is 11.3. The van der Waals surface area contributed by atoms with Crippen LogP contribution in [0.15, 0.2) is 79.3 Å². The summed E-state index contributed by atoms with van der Waals surface area (Å²) in [4.78, 5) is 21.9. The molecule has 2 N–H and O–H groups in total. The molecule has 0 aliphatic heterocycles. The van der Waals surface area contributed by atoms with Gasteiger partial charge in [-0.1, -0.05) is 42.0 Å². The van der Waals surface area contributed by atoms with Gasteiger partial charge in [-0.25, -0.2) is 9.97 Å². The summed E-state index contributed by atoms with van der Waals surface area (Å²) in [7, 11) is 1.86. The van der Waals surface area contributed by atoms with Crippen LogP contribution >= 0.6 is 0 Å². The zero-order chi connectivity index (χ0) is 24.4. The molecule has 2 aromatic heterocycles. The van der Waals surface area contributed by atoms with Crippen molar-refractivity contribution in [3.8, 4) is 11.1 Å². The van der Waals surface area contributed by atoms with E-state index in [1.807, 2.05) is 75.6 Å². The number of nitrogens with zero attached hydrogens (tertiary/aromatic N) is 4. The average molecular weight is 463 g/mol. The van der Waals surface area contributed by atoms with Gasteiger partial charge in [0, 0.05) is 36.9 Å². The molecule has 0 aliphatic rings. The van der Waals surface area contributed by atoms with Crippen LogP contribution in [-0.4, -0.2) is 25.7 Å². The first-order valence-corrected chi connectivity index (χ1v) is 11.4. The Morgan fingerprint density at radius 3 is 2.69 bits per heavy atom. The molecule has 3 aromatic carbocycles. The highest BCUT2D eigenvalue weighted by Gasteiger charge is 2.11. The van der Waals surface area contributed by atoms with Gasteiger partial charge < -0.3 is 10.6 Å². The van der Waals surface area contributed by atoms with E-state index in [4.69, 9.17) is 0 Å². The smallest absolute Gasteiger partial charge is 0.251 e. The lowest BCUT2D eigenvalue weighted by atomic mass is 9.97. The second-order valence-corrected chi connectivity index (χ2v) is 8.70. The molecule has 5 aromatic rings. The van der Waals surface area contributed by atoms with E-state index in [1.54, 1.807) is 17.1 Å². The number of benzene rings is 3. The molecule has 7 nitrogen and oxygen atoms in total. The van der Waals surface area contributed by atoms with Gasteiger partial charge in [0.25, 0.3) is 5.91 Å². The van der Waals surface area contributed by atoms with Gasteiger partial charge in [-0.2, -0.15) is 5.10 Å². The Hall–Kier alpha value is -4.52. The Bertz CT molecular complexity index is 1540. The summed E-state index contributed by atoms with van der Waals surface area (Å²) in [5.74, 6) is 0.421. The zero-order valence-electron chi connectivity index (χ0n) is 19.9. The Morgan fingerprint density at radius 1 is 1.00 bits per heavy atom. The van der Waals surface area contributed by atoms with Gasteiger partial charge in [0.05, 0.1) is 17.4 Å². The van der Waals surface area contributed by atoms with Crippen molar-refractivity contribution in [2.75, 3.05) is 5.32 Å². The average Bonchev–Trinajstić information content (AvgIpc) is 3.27. The second-order valence-electron chi connectivity index (χ2n) is 8.70. The largest absolute Gasteiger partial charge is 0.348 e. The number of hydrogen-bond donors (Lipinski definition) is 2. The molecule has 0 spiro atoms. The van der Waals surface area contributed by atoms with E-state index in [0.29, 0.717) is 18.1 Å². The number of rotatable bonds is 6. The lowest BCUT2D eigenvalue weighted by molar-refractivity contribution is 0.0951. The van der Waals surface area contributed by atoms with Crippen molar-refractivity contribution in [2.24, 2.45) is 7.05 Å². The highest BCUT2D eigenvalue weighted by atomic mass is 16.1. The van der Waals surface area contributed by atoms with Crippen molar-refractivity contribution < 1.29 is 4.79 Å². The van der Waals surface area contributed by atoms with Crippen molar-refractivity contribution >= 4 is 28.4 Å². The molecule has 7 heteroatoms. The minimum atomic E-state index is -0.0944. The molecule has 0 atom stereocenters. The first-order chi connectivity index (χ1) is 16.9. The predicted molar refractivity (Wildman–Crippen MR) is 139 cm³/mol. The number of aryl methyl sites for hydroxylation is 3. The number of hydrogen-bond acceptors (Lipinski definition) is 5. The highest BCUT2D eigenvalue weighted by Crippen LogP contribution is 2.28. The Kier molecular flexibility index (Phi) is 5.97. The molecule has 0 saturated heterocycles. The van der Waals surface area contributed by atoms with E-state index in [0.717, 1.165) is 38.8 Å². The highest BCUT2D eigenvalue weighted by molar-refractivity contribution is 5.96. The van der Waals surface area contributed by atoms with Crippen molar-refractivity contribution in [1.29, 1.82) is 0 Å². The van der Waals surface area contributed by atoms with E-state index in [-0.39, 0.29) is 5.91 Å². The van der Waals surface area contributed by atoms with Crippen LogP contribution < -0.4 is 10.6 Å². The molecule has 0 bridgehead atoms. The van der Waals surface area contributed by atoms with Gasteiger partial charge in [0.2, 0.25) is 5.95 Å². The van der Waals surface area contributed by atoms with Crippen molar-refractivity contribution in [1.82, 2.24) is 25.1 Å². The summed E-state index contributed by atoms with van der Waals surface area (Å²) in [6.45, 7) is 4.59. The molecule has 0 unspecified atom stereocenters. The number of carbonyl (C=O) groups is 1. The number of aromatic nitrogens is 4. The Labute approximate surface area is 203 Å². The normalized spacial score (nSPS) is 10.9. The number of nitrogens with one attached hydrogen (secondary N) is 2. The Morgan fingerprint density at radius 2 is 1.89 bits per heavy atom. The van der Waals surface area contributed by atoms with Gasteiger partial charge in [-0.3, -0.25) is 9.48 Å². The van der Waals surface area contributed by atoms with E-state index < -0.39 is 0 Å². The number of carbonyl (C=O) groups excluding carboxylic acids is 1. The molecule has 0 saturated carbocycles. The maximum Gasteiger partial charge on any atom is 0.251 e. The van der Waals surface area contributed by atoms with Crippen LogP contribution in [0.3, 0.4) is 0 Å². The third kappa shape index (κ3) is 5.04. The molecule has 0 aliphatic carbocycles. The van der Waals surface area contributed by atoms with E-state index in [9.17, 15) is 4.79 Å². The monoisotopic (exact) mass is 462 g/mol. The van der Waals surface area contributed by atoms with Gasteiger partial charge in [0.15, 0.2) is 0 Å². The summed E-state index contributed by atoms with van der Waals surface area (Å²) < 4.78 is 1.72. The van der Waals surface area contributed by atoms with E-state index in [2.05, 4.69) is 37.8 Å². The van der Waals surface area contributed by atoms with Crippen molar-refractivity contribution in [2.45, 2.75) is 20.4 Å². The first kappa shape index (κ1) is 22.3. The fraction of sp³-hybridized carbons (Fsp3) is 0.143. The lowest BCUT2D eigenvalue weighted by Crippen LogP contribution is -2.22. The Balaban J connectivity index is 1.37. The number of anilines is 2. The summed E-state index contributed by atoms with van der Waals surface area (Å²) >= 11 is 0. The molecule has 0 fully saturated rings. The van der Waals surface area contributed by atoms with Crippen molar-refractivity contribution in [3.63, 3.8) is 0 Å². The standard InChI is InChI=1S/C28H26N6O/c1-18-5-4-6-20(11-18)14-29-27(35)22-8-7-19(2)25(13-22)21-9-10-26-23(12-21)15-30-28(33-26)32-24-16-31-34(3)17-24/h4-13,15-17H,14H2,1-3H3,(H,29,35)(H,30,32,33). The molecule has 35 heavy (non-hydrogen) atoms. The van der Waals surface area contributed by atoms with Crippen LogP contribution in [0.5, 0.6) is 0 Å². The fourth-order valence-corrected chi connectivity index (χ4v) is 4.06. The van der Waals surface area contributed by atoms with Crippen LogP contribution in [-0.2, 0) is 13.6 Å². The predicted octanol–water partition coefficient (Wildman–Crippen LogP) is 5.32. The molecular formula is C28H26N6O. The molecule has 0 radical (unpaired) electrons. The first-order valence-electron chi connectivity index (χ1n) is 11.4. The van der Waals surface area contributed by atoms with Crippen LogP contribution in [0.2, 0.25) is 0 Å². The number of amides is 1. The van der Waals surface area contributed by atoms with Crippen molar-refractivity contribution in [3.05, 3.63) is 102 Å². The summed E-state index contributed by atoms with van der Waals surface area (Å²) in [5.41, 5.74) is 7.66.